The van der Waals surface area contributed by atoms with Crippen LogP contribution in [0.15, 0.2) is 24.3 Å². The fourth-order valence-corrected chi connectivity index (χ4v) is 1.85. The maximum Gasteiger partial charge on any atom is 0.309 e. The number of Topliss-reactive ketones (excluding diaryl/α,β-unsaturated/α-hetero) is 1. The maximum absolute atomic E-state index is 11.5. The first kappa shape index (κ1) is 12.3. The van der Waals surface area contributed by atoms with Crippen LogP contribution < -0.4 is 4.90 Å². The Hall–Kier alpha value is -2.17. The predicted molar refractivity (Wildman–Crippen MR) is 64.1 cm³/mol. The summed E-state index contributed by atoms with van der Waals surface area (Å²) in [4.78, 5) is 35.2. The zero-order valence-electron chi connectivity index (χ0n) is 10.0. The first-order valence-corrected chi connectivity index (χ1v) is 5.58. The van der Waals surface area contributed by atoms with E-state index in [1.165, 1.54) is 12.0 Å². The summed E-state index contributed by atoms with van der Waals surface area (Å²) in [6, 6.07) is 6.97. The Labute approximate surface area is 104 Å². The van der Waals surface area contributed by atoms with Gasteiger partial charge in [-0.2, -0.15) is 0 Å². The molecule has 94 valence electrons. The van der Waals surface area contributed by atoms with Gasteiger partial charge in [-0.1, -0.05) is 12.1 Å². The number of rotatable bonds is 3. The van der Waals surface area contributed by atoms with Crippen LogP contribution in [0.2, 0.25) is 0 Å². The molecule has 0 spiro atoms. The lowest BCUT2D eigenvalue weighted by molar-refractivity contribution is -0.139. The molecule has 0 unspecified atom stereocenters. The zero-order chi connectivity index (χ0) is 13.1. The van der Waals surface area contributed by atoms with E-state index in [0.717, 1.165) is 5.56 Å². The third-order valence-electron chi connectivity index (χ3n) is 2.81. The number of hydrogen-bond acceptors (Lipinski definition) is 4. The Morgan fingerprint density at radius 2 is 1.94 bits per heavy atom. The van der Waals surface area contributed by atoms with Gasteiger partial charge in [0.2, 0.25) is 5.91 Å². The number of ketones is 1. The second kappa shape index (κ2) is 5.00. The second-order valence-electron chi connectivity index (χ2n) is 4.11. The van der Waals surface area contributed by atoms with Gasteiger partial charge in [-0.25, -0.2) is 0 Å². The molecule has 0 bridgehead atoms. The number of carbonyl (C=O) groups excluding carboxylic acids is 3. The number of carbonyl (C=O) groups is 3. The molecular weight excluding hydrogens is 234 g/mol. The van der Waals surface area contributed by atoms with Gasteiger partial charge in [0, 0.05) is 5.69 Å². The highest BCUT2D eigenvalue weighted by atomic mass is 16.5. The average Bonchev–Trinajstić information content (AvgIpc) is 2.69. The molecule has 0 aromatic heterocycles. The average molecular weight is 247 g/mol. The van der Waals surface area contributed by atoms with Crippen LogP contribution in [0.25, 0.3) is 0 Å². The van der Waals surface area contributed by atoms with Crippen LogP contribution in [0.5, 0.6) is 0 Å². The first-order chi connectivity index (χ1) is 8.60. The maximum atomic E-state index is 11.5. The summed E-state index contributed by atoms with van der Waals surface area (Å²) in [5, 5.41) is 0. The molecule has 1 aliphatic rings. The molecule has 5 heteroatoms. The number of benzene rings is 1. The van der Waals surface area contributed by atoms with Crippen molar-refractivity contribution >= 4 is 23.3 Å². The van der Waals surface area contributed by atoms with Crippen LogP contribution in [0.3, 0.4) is 0 Å². The van der Waals surface area contributed by atoms with Crippen LogP contribution in [0.1, 0.15) is 12.0 Å². The highest BCUT2D eigenvalue weighted by Crippen LogP contribution is 2.20. The Morgan fingerprint density at radius 3 is 2.44 bits per heavy atom. The van der Waals surface area contributed by atoms with Crippen molar-refractivity contribution in [3.05, 3.63) is 29.8 Å². The molecule has 18 heavy (non-hydrogen) atoms. The smallest absolute Gasteiger partial charge is 0.309 e. The number of nitrogens with zero attached hydrogens (tertiary/aromatic N) is 1. The van der Waals surface area contributed by atoms with Crippen molar-refractivity contribution in [2.24, 2.45) is 0 Å². The summed E-state index contributed by atoms with van der Waals surface area (Å²) >= 11 is 0. The molecule has 1 fully saturated rings. The lowest BCUT2D eigenvalue weighted by Gasteiger charge is -2.14. The Morgan fingerprint density at radius 1 is 1.28 bits per heavy atom. The fourth-order valence-electron chi connectivity index (χ4n) is 1.85. The minimum Gasteiger partial charge on any atom is -0.469 e. The van der Waals surface area contributed by atoms with E-state index in [1.54, 1.807) is 24.3 Å². The Kier molecular flexibility index (Phi) is 3.41. The number of amides is 1. The minimum atomic E-state index is -0.310. The predicted octanol–water partition coefficient (Wildman–Crippen LogP) is 0.708. The van der Waals surface area contributed by atoms with Crippen molar-refractivity contribution in [3.8, 4) is 0 Å². The van der Waals surface area contributed by atoms with Crippen LogP contribution in [0, 0.1) is 0 Å². The van der Waals surface area contributed by atoms with E-state index >= 15 is 0 Å². The van der Waals surface area contributed by atoms with E-state index in [2.05, 4.69) is 4.74 Å². The fraction of sp³-hybridized carbons (Fsp3) is 0.308. The monoisotopic (exact) mass is 247 g/mol. The van der Waals surface area contributed by atoms with Gasteiger partial charge in [0.25, 0.3) is 0 Å². The normalized spacial score (nSPS) is 15.1. The second-order valence-corrected chi connectivity index (χ2v) is 4.11. The summed E-state index contributed by atoms with van der Waals surface area (Å²) < 4.78 is 4.57. The van der Waals surface area contributed by atoms with Crippen LogP contribution in [0.4, 0.5) is 5.69 Å². The summed E-state index contributed by atoms with van der Waals surface area (Å²) in [5.41, 5.74) is 1.49. The molecule has 1 aromatic carbocycles. The highest BCUT2D eigenvalue weighted by molar-refractivity contribution is 6.15. The van der Waals surface area contributed by atoms with Gasteiger partial charge in [-0.15, -0.1) is 0 Å². The van der Waals surface area contributed by atoms with Gasteiger partial charge in [0.1, 0.15) is 0 Å². The molecule has 0 N–H and O–H groups in total. The molecule has 2 rings (SSSR count). The van der Waals surface area contributed by atoms with Crippen molar-refractivity contribution in [3.63, 3.8) is 0 Å². The summed E-state index contributed by atoms with van der Waals surface area (Å²) in [5.74, 6) is -0.561. The van der Waals surface area contributed by atoms with E-state index in [0.29, 0.717) is 5.69 Å². The molecule has 1 aliphatic heterocycles. The largest absolute Gasteiger partial charge is 0.469 e. The quantitative estimate of drug-likeness (QED) is 0.583. The van der Waals surface area contributed by atoms with Crippen molar-refractivity contribution in [1.29, 1.82) is 0 Å². The molecule has 0 atom stereocenters. The summed E-state index contributed by atoms with van der Waals surface area (Å²) in [6.45, 7) is 0.134. The molecular formula is C13H13NO4. The number of anilines is 1. The standard InChI is InChI=1S/C13H13NO4/c1-18-13(17)6-9-2-4-10(5-3-9)14-8-11(15)7-12(14)16/h2-5H,6-8H2,1H3. The molecule has 1 heterocycles. The van der Waals surface area contributed by atoms with Gasteiger partial charge in [0.15, 0.2) is 5.78 Å². The molecule has 1 saturated heterocycles. The van der Waals surface area contributed by atoms with Gasteiger partial charge < -0.3 is 9.64 Å². The first-order valence-electron chi connectivity index (χ1n) is 5.58. The van der Waals surface area contributed by atoms with E-state index in [-0.39, 0.29) is 37.0 Å². The number of esters is 1. The van der Waals surface area contributed by atoms with E-state index in [9.17, 15) is 14.4 Å². The van der Waals surface area contributed by atoms with Crippen molar-refractivity contribution in [1.82, 2.24) is 0 Å². The lowest BCUT2D eigenvalue weighted by atomic mass is 10.1. The van der Waals surface area contributed by atoms with Crippen LogP contribution in [-0.4, -0.2) is 31.3 Å². The highest BCUT2D eigenvalue weighted by Gasteiger charge is 2.28. The van der Waals surface area contributed by atoms with Gasteiger partial charge in [-0.05, 0) is 17.7 Å². The number of hydrogen-bond donors (Lipinski definition) is 0. The van der Waals surface area contributed by atoms with Gasteiger partial charge >= 0.3 is 5.97 Å². The number of ether oxygens (including phenoxy) is 1. The molecule has 0 radical (unpaired) electrons. The summed E-state index contributed by atoms with van der Waals surface area (Å²) in [6.07, 6.45) is 0.174. The van der Waals surface area contributed by atoms with Gasteiger partial charge in [0.05, 0.1) is 26.5 Å². The van der Waals surface area contributed by atoms with Crippen molar-refractivity contribution in [2.45, 2.75) is 12.8 Å². The van der Waals surface area contributed by atoms with E-state index in [4.69, 9.17) is 0 Å². The Bertz CT molecular complexity index is 492. The lowest BCUT2D eigenvalue weighted by Crippen LogP contribution is -2.24. The van der Waals surface area contributed by atoms with Gasteiger partial charge in [-0.3, -0.25) is 14.4 Å². The minimum absolute atomic E-state index is 0.0239. The molecule has 0 saturated carbocycles. The van der Waals surface area contributed by atoms with E-state index < -0.39 is 0 Å². The third-order valence-corrected chi connectivity index (χ3v) is 2.81. The molecule has 1 aromatic rings. The molecule has 5 nitrogen and oxygen atoms in total. The van der Waals surface area contributed by atoms with E-state index in [1.807, 2.05) is 0 Å². The molecule has 1 amide bonds. The van der Waals surface area contributed by atoms with Crippen molar-refractivity contribution in [2.75, 3.05) is 18.6 Å². The van der Waals surface area contributed by atoms with Crippen LogP contribution >= 0.6 is 0 Å². The topological polar surface area (TPSA) is 63.7 Å². The zero-order valence-corrected chi connectivity index (χ0v) is 10.0. The third kappa shape index (κ3) is 2.56. The SMILES string of the molecule is COC(=O)Cc1ccc(N2CC(=O)CC2=O)cc1. The van der Waals surface area contributed by atoms with Crippen molar-refractivity contribution < 1.29 is 19.1 Å². The Balaban J connectivity index is 2.10. The van der Waals surface area contributed by atoms with Crippen LogP contribution in [-0.2, 0) is 25.5 Å². The molecule has 0 aliphatic carbocycles. The summed E-state index contributed by atoms with van der Waals surface area (Å²) in [7, 11) is 1.34. The number of methoxy groups -OCH3 is 1.